The van der Waals surface area contributed by atoms with Gasteiger partial charge in [0.25, 0.3) is 0 Å². The molecule has 0 radical (unpaired) electrons. The third-order valence-electron chi connectivity index (χ3n) is 1.17. The molecule has 0 aliphatic carbocycles. The first-order chi connectivity index (χ1) is 5.63. The van der Waals surface area contributed by atoms with Crippen LogP contribution in [0, 0.1) is 20.2 Å². The molecule has 0 N–H and O–H groups in total. The number of hydrogen-bond donors (Lipinski definition) is 0. The molecule has 0 aromatic carbocycles. The monoisotopic (exact) mass is 196 g/mol. The molecule has 0 atom stereocenters. The van der Waals surface area contributed by atoms with Crippen LogP contribution in [-0.4, -0.2) is 49.0 Å². The van der Waals surface area contributed by atoms with Crippen LogP contribution in [0.1, 0.15) is 6.29 Å². The molecule has 9 heteroatoms. The Bertz CT molecular complexity index is 285. The summed E-state index contributed by atoms with van der Waals surface area (Å²) in [4.78, 5) is 21.8. The second-order valence-electron chi connectivity index (χ2n) is 1.93. The fourth-order valence-electron chi connectivity index (χ4n) is 0.701. The van der Waals surface area contributed by atoms with E-state index in [2.05, 4.69) is 4.98 Å². The van der Waals surface area contributed by atoms with Gasteiger partial charge in [0, 0.05) is 12.4 Å². The Labute approximate surface area is 94.2 Å². The molecule has 1 rings (SSSR count). The molecule has 0 amide bonds. The SMILES string of the molecule is O=[N+]([O-])C(n1ccnc1)[N+](=O)[O-].[NaH]. The van der Waals surface area contributed by atoms with Gasteiger partial charge in [0.05, 0.1) is 0 Å². The summed E-state index contributed by atoms with van der Waals surface area (Å²) in [5, 5.41) is 20.3. The van der Waals surface area contributed by atoms with Gasteiger partial charge in [-0.2, -0.15) is 0 Å². The fraction of sp³-hybridized carbons (Fsp3) is 0.250. The van der Waals surface area contributed by atoms with Crippen molar-refractivity contribution in [1.29, 1.82) is 0 Å². The molecule has 66 valence electrons. The van der Waals surface area contributed by atoms with Gasteiger partial charge in [-0.3, -0.25) is 20.2 Å². The van der Waals surface area contributed by atoms with Crippen molar-refractivity contribution in [2.24, 2.45) is 0 Å². The van der Waals surface area contributed by atoms with Gasteiger partial charge in [0.1, 0.15) is 16.2 Å². The van der Waals surface area contributed by atoms with Crippen molar-refractivity contribution in [2.45, 2.75) is 6.29 Å². The van der Waals surface area contributed by atoms with Crippen molar-refractivity contribution in [2.75, 3.05) is 0 Å². The van der Waals surface area contributed by atoms with Crippen LogP contribution in [0.4, 0.5) is 0 Å². The molecule has 1 aromatic heterocycles. The van der Waals surface area contributed by atoms with Crippen LogP contribution in [0.2, 0.25) is 0 Å². The Morgan fingerprint density at radius 3 is 2.15 bits per heavy atom. The molecule has 0 saturated carbocycles. The van der Waals surface area contributed by atoms with Gasteiger partial charge in [-0.1, -0.05) is 0 Å². The first-order valence-corrected chi connectivity index (χ1v) is 2.87. The van der Waals surface area contributed by atoms with Gasteiger partial charge in [-0.05, 0) is 0 Å². The number of nitrogens with zero attached hydrogens (tertiary/aromatic N) is 4. The molecule has 0 fully saturated rings. The van der Waals surface area contributed by atoms with Crippen LogP contribution in [0.3, 0.4) is 0 Å². The molecule has 0 aliphatic rings. The van der Waals surface area contributed by atoms with Gasteiger partial charge in [0.15, 0.2) is 0 Å². The van der Waals surface area contributed by atoms with E-state index in [1.54, 1.807) is 0 Å². The van der Waals surface area contributed by atoms with Gasteiger partial charge in [-0.15, -0.1) is 0 Å². The van der Waals surface area contributed by atoms with Crippen molar-refractivity contribution >= 4 is 29.6 Å². The van der Waals surface area contributed by atoms with E-state index in [1.807, 2.05) is 0 Å². The zero-order valence-corrected chi connectivity index (χ0v) is 5.73. The molecule has 13 heavy (non-hydrogen) atoms. The summed E-state index contributed by atoms with van der Waals surface area (Å²) in [6.07, 6.45) is 1.44. The molecular formula is C4H5N4NaO4. The molecule has 0 unspecified atom stereocenters. The number of hydrogen-bond acceptors (Lipinski definition) is 5. The van der Waals surface area contributed by atoms with Gasteiger partial charge in [-0.25, -0.2) is 9.55 Å². The summed E-state index contributed by atoms with van der Waals surface area (Å²) in [7, 11) is 0. The van der Waals surface area contributed by atoms with Crippen LogP contribution in [0.5, 0.6) is 0 Å². The Kier molecular flexibility index (Phi) is 4.52. The first kappa shape index (κ1) is 12.0. The number of nitro groups is 2. The van der Waals surface area contributed by atoms with E-state index >= 15 is 0 Å². The molecule has 1 heterocycles. The molecular weight excluding hydrogens is 191 g/mol. The van der Waals surface area contributed by atoms with Crippen LogP contribution < -0.4 is 0 Å². The Morgan fingerprint density at radius 2 is 1.85 bits per heavy atom. The second kappa shape index (κ2) is 4.90. The van der Waals surface area contributed by atoms with E-state index in [1.165, 1.54) is 6.20 Å². The van der Waals surface area contributed by atoms with Crippen molar-refractivity contribution in [3.8, 4) is 0 Å². The van der Waals surface area contributed by atoms with Crippen LogP contribution >= 0.6 is 0 Å². The van der Waals surface area contributed by atoms with Crippen molar-refractivity contribution < 1.29 is 9.85 Å². The summed E-state index contributed by atoms with van der Waals surface area (Å²) in [5.41, 5.74) is 0. The van der Waals surface area contributed by atoms with Crippen LogP contribution in [0.15, 0.2) is 18.7 Å². The molecule has 0 aliphatic heterocycles. The minimum absolute atomic E-state index is 0. The second-order valence-corrected chi connectivity index (χ2v) is 1.93. The minimum atomic E-state index is -1.98. The average molecular weight is 196 g/mol. The standard InChI is InChI=1S/C4H4N4O4.Na.H/c9-7(10)4(8(11)12)6-2-1-5-3-6;;/h1-4H;;. The molecule has 1 aromatic rings. The topological polar surface area (TPSA) is 104 Å². The van der Waals surface area contributed by atoms with Gasteiger partial charge < -0.3 is 0 Å². The van der Waals surface area contributed by atoms with E-state index in [4.69, 9.17) is 0 Å². The zero-order chi connectivity index (χ0) is 9.14. The Hall–Kier alpha value is -0.990. The van der Waals surface area contributed by atoms with Crippen molar-refractivity contribution in [3.05, 3.63) is 38.9 Å². The van der Waals surface area contributed by atoms with E-state index in [0.29, 0.717) is 0 Å². The third-order valence-corrected chi connectivity index (χ3v) is 1.17. The number of aromatic nitrogens is 2. The number of imidazole rings is 1. The fourth-order valence-corrected chi connectivity index (χ4v) is 0.701. The zero-order valence-electron chi connectivity index (χ0n) is 5.73. The van der Waals surface area contributed by atoms with Crippen LogP contribution in [-0.2, 0) is 0 Å². The molecule has 0 saturated heterocycles. The quantitative estimate of drug-likeness (QED) is 0.273. The maximum atomic E-state index is 10.2. The van der Waals surface area contributed by atoms with Crippen LogP contribution in [0.25, 0.3) is 0 Å². The van der Waals surface area contributed by atoms with Gasteiger partial charge in [0.2, 0.25) is 0 Å². The van der Waals surface area contributed by atoms with Crippen molar-refractivity contribution in [1.82, 2.24) is 9.55 Å². The van der Waals surface area contributed by atoms with Crippen molar-refractivity contribution in [3.63, 3.8) is 0 Å². The van der Waals surface area contributed by atoms with E-state index in [0.717, 1.165) is 17.1 Å². The first-order valence-electron chi connectivity index (χ1n) is 2.87. The predicted molar refractivity (Wildman–Crippen MR) is 42.4 cm³/mol. The van der Waals surface area contributed by atoms with E-state index in [9.17, 15) is 20.2 Å². The maximum absolute atomic E-state index is 10.2. The normalized spacial score (nSPS) is 9.31. The summed E-state index contributed by atoms with van der Waals surface area (Å²) >= 11 is 0. The molecule has 0 spiro atoms. The summed E-state index contributed by atoms with van der Waals surface area (Å²) in [6, 6.07) is 0. The van der Waals surface area contributed by atoms with Gasteiger partial charge >= 0.3 is 35.8 Å². The summed E-state index contributed by atoms with van der Waals surface area (Å²) in [5.74, 6) is 0. The Morgan fingerprint density at radius 1 is 1.31 bits per heavy atom. The Balaban J connectivity index is 0.00000144. The summed E-state index contributed by atoms with van der Waals surface area (Å²) < 4.78 is 0.806. The van der Waals surface area contributed by atoms with E-state index in [-0.39, 0.29) is 29.6 Å². The predicted octanol–water partition coefficient (Wildman–Crippen LogP) is -0.756. The summed E-state index contributed by atoms with van der Waals surface area (Å²) in [6.45, 7) is 0. The molecule has 8 nitrogen and oxygen atoms in total. The number of rotatable bonds is 3. The molecule has 0 bridgehead atoms. The van der Waals surface area contributed by atoms with E-state index < -0.39 is 16.1 Å². The average Bonchev–Trinajstić information content (AvgIpc) is 2.37. The third kappa shape index (κ3) is 2.76.